The van der Waals surface area contributed by atoms with Crippen LogP contribution in [0, 0.1) is 0 Å². The number of hydrogen-bond donors (Lipinski definition) is 0. The average Bonchev–Trinajstić information content (AvgIpc) is 3.50. The Labute approximate surface area is 355 Å². The number of fused-ring (bicyclic) bond motifs is 12. The molecule has 0 spiro atoms. The third-order valence-electron chi connectivity index (χ3n) is 13.8. The van der Waals surface area contributed by atoms with Gasteiger partial charge in [0, 0.05) is 53.0 Å². The van der Waals surface area contributed by atoms with Crippen molar-refractivity contribution in [1.82, 2.24) is 0 Å². The van der Waals surface area contributed by atoms with E-state index >= 15 is 0 Å². The SMILES string of the molecule is CC1(C)c2ccccc2Sc2cc3c(cc21)N(c1ccc(-c2ccccc2)cc1)B1c2cccc4c2N(c2ccccc2S4)c2c1c-3cc1c2C(C)(C)c2ccccc2-1. The van der Waals surface area contributed by atoms with Gasteiger partial charge >= 0.3 is 6.85 Å². The summed E-state index contributed by atoms with van der Waals surface area (Å²) in [5, 5.41) is 0. The lowest BCUT2D eigenvalue weighted by atomic mass is 9.42. The van der Waals surface area contributed by atoms with Crippen molar-refractivity contribution in [3.05, 3.63) is 186 Å². The summed E-state index contributed by atoms with van der Waals surface area (Å²) >= 11 is 3.84. The predicted molar refractivity (Wildman–Crippen MR) is 250 cm³/mol. The summed E-state index contributed by atoms with van der Waals surface area (Å²) in [5.41, 5.74) is 22.2. The van der Waals surface area contributed by atoms with E-state index in [2.05, 4.69) is 201 Å². The van der Waals surface area contributed by atoms with Crippen LogP contribution in [-0.2, 0) is 10.8 Å². The quantitative estimate of drug-likeness (QED) is 0.161. The van der Waals surface area contributed by atoms with Crippen molar-refractivity contribution in [3.63, 3.8) is 0 Å². The van der Waals surface area contributed by atoms with Gasteiger partial charge in [0.1, 0.15) is 0 Å². The highest BCUT2D eigenvalue weighted by molar-refractivity contribution is 8.00. The van der Waals surface area contributed by atoms with Crippen LogP contribution in [-0.4, -0.2) is 6.85 Å². The van der Waals surface area contributed by atoms with Crippen molar-refractivity contribution in [2.75, 3.05) is 9.71 Å². The van der Waals surface area contributed by atoms with Gasteiger partial charge in [-0.15, -0.1) is 0 Å². The maximum Gasteiger partial charge on any atom is 0.333 e. The maximum absolute atomic E-state index is 2.71. The number of benzene rings is 8. The van der Waals surface area contributed by atoms with Gasteiger partial charge in [-0.05, 0) is 116 Å². The Bertz CT molecular complexity index is 3130. The van der Waals surface area contributed by atoms with E-state index in [1.807, 2.05) is 23.5 Å². The third kappa shape index (κ3) is 4.47. The lowest BCUT2D eigenvalue weighted by Crippen LogP contribution is -2.62. The van der Waals surface area contributed by atoms with Gasteiger partial charge in [-0.1, -0.05) is 160 Å². The molecule has 5 heteroatoms. The summed E-state index contributed by atoms with van der Waals surface area (Å²) < 4.78 is 0. The number of hydrogen-bond acceptors (Lipinski definition) is 4. The Morgan fingerprint density at radius 1 is 0.441 bits per heavy atom. The molecule has 8 aromatic carbocycles. The molecular formula is C54H39BN2S2. The van der Waals surface area contributed by atoms with Crippen molar-refractivity contribution in [1.29, 1.82) is 0 Å². The highest BCUT2D eigenvalue weighted by Crippen LogP contribution is 2.62. The van der Waals surface area contributed by atoms with Crippen molar-refractivity contribution in [2.24, 2.45) is 0 Å². The summed E-state index contributed by atoms with van der Waals surface area (Å²) in [7, 11) is 0. The first-order valence-corrected chi connectivity index (χ1v) is 22.3. The first-order chi connectivity index (χ1) is 28.8. The summed E-state index contributed by atoms with van der Waals surface area (Å²) in [6.45, 7) is 9.67. The molecule has 280 valence electrons. The topological polar surface area (TPSA) is 6.48 Å². The second kappa shape index (κ2) is 11.9. The van der Waals surface area contributed by atoms with Gasteiger partial charge in [-0.25, -0.2) is 0 Å². The summed E-state index contributed by atoms with van der Waals surface area (Å²) in [5.74, 6) is 0. The first-order valence-electron chi connectivity index (χ1n) is 20.7. The molecule has 0 aromatic heterocycles. The molecule has 0 saturated heterocycles. The molecule has 0 radical (unpaired) electrons. The Morgan fingerprint density at radius 2 is 1.12 bits per heavy atom. The molecule has 0 amide bonds. The average molecular weight is 791 g/mol. The molecule has 0 bridgehead atoms. The zero-order valence-electron chi connectivity index (χ0n) is 33.4. The number of nitrogens with zero attached hydrogens (tertiary/aromatic N) is 2. The normalized spacial score (nSPS) is 16.2. The second-order valence-corrected chi connectivity index (χ2v) is 19.8. The lowest BCUT2D eigenvalue weighted by Gasteiger charge is -2.49. The van der Waals surface area contributed by atoms with Crippen molar-refractivity contribution in [2.45, 2.75) is 58.1 Å². The molecule has 0 atom stereocenters. The smallest absolute Gasteiger partial charge is 0.333 e. The fourth-order valence-electron chi connectivity index (χ4n) is 11.1. The molecule has 0 fully saturated rings. The second-order valence-electron chi connectivity index (χ2n) is 17.7. The van der Waals surface area contributed by atoms with Crippen LogP contribution >= 0.6 is 23.5 Å². The fourth-order valence-corrected chi connectivity index (χ4v) is 13.6. The van der Waals surface area contributed by atoms with Crippen LogP contribution in [0.15, 0.2) is 183 Å². The number of rotatable bonds is 2. The van der Waals surface area contributed by atoms with Gasteiger partial charge in [0.05, 0.1) is 11.4 Å². The first kappa shape index (κ1) is 34.0. The Hall–Kier alpha value is -5.88. The van der Waals surface area contributed by atoms with E-state index in [0.717, 1.165) is 0 Å². The molecule has 4 aliphatic heterocycles. The molecule has 2 nitrogen and oxygen atoms in total. The summed E-state index contributed by atoms with van der Waals surface area (Å²) in [4.78, 5) is 10.7. The molecule has 0 saturated carbocycles. The molecule has 0 unspecified atom stereocenters. The Balaban J connectivity index is 1.17. The van der Waals surface area contributed by atoms with Gasteiger partial charge in [-0.3, -0.25) is 0 Å². The molecule has 0 N–H and O–H groups in total. The van der Waals surface area contributed by atoms with Crippen LogP contribution in [0.1, 0.15) is 49.9 Å². The molecule has 5 aliphatic rings. The van der Waals surface area contributed by atoms with Gasteiger partial charge in [0.2, 0.25) is 0 Å². The van der Waals surface area contributed by atoms with E-state index in [1.165, 1.54) is 115 Å². The van der Waals surface area contributed by atoms with Gasteiger partial charge in [0.25, 0.3) is 0 Å². The summed E-state index contributed by atoms with van der Waals surface area (Å²) in [6.07, 6.45) is 0. The monoisotopic (exact) mass is 790 g/mol. The van der Waals surface area contributed by atoms with E-state index in [9.17, 15) is 0 Å². The molecule has 13 rings (SSSR count). The van der Waals surface area contributed by atoms with Crippen molar-refractivity contribution in [3.8, 4) is 33.4 Å². The van der Waals surface area contributed by atoms with Crippen LogP contribution in [0.4, 0.5) is 28.4 Å². The van der Waals surface area contributed by atoms with Crippen LogP contribution in [0.25, 0.3) is 33.4 Å². The third-order valence-corrected chi connectivity index (χ3v) is 16.1. The Kier molecular flexibility index (Phi) is 6.85. The van der Waals surface area contributed by atoms with Crippen LogP contribution < -0.4 is 20.6 Å². The molecule has 4 heterocycles. The van der Waals surface area contributed by atoms with Crippen molar-refractivity contribution < 1.29 is 0 Å². The molecule has 8 aromatic rings. The number of para-hydroxylation sites is 2. The minimum atomic E-state index is -0.214. The minimum Gasteiger partial charge on any atom is -0.376 e. The largest absolute Gasteiger partial charge is 0.376 e. The Morgan fingerprint density at radius 3 is 1.95 bits per heavy atom. The van der Waals surface area contributed by atoms with Gasteiger partial charge in [0.15, 0.2) is 0 Å². The zero-order chi connectivity index (χ0) is 39.4. The fraction of sp³-hybridized carbons (Fsp3) is 0.111. The van der Waals surface area contributed by atoms with E-state index in [0.29, 0.717) is 0 Å². The van der Waals surface area contributed by atoms with E-state index < -0.39 is 0 Å². The van der Waals surface area contributed by atoms with Gasteiger partial charge < -0.3 is 9.71 Å². The van der Waals surface area contributed by atoms with Crippen molar-refractivity contribution >= 4 is 69.7 Å². The standard InChI is InChI=1S/C54H39BN2S2/c1-53(2)40-19-10-12-22-45(40)58-48-30-36-38-29-37-35-17-8-9-18-39(35)54(3,4)49(37)52-50(38)55(42-20-14-24-47-51(42)56(52)43-21-11-13-23-46(43)59-47)57(44(36)31-41(48)53)34-27-25-33(26-28-34)32-15-6-5-7-16-32/h5-31H,1-4H3. The lowest BCUT2D eigenvalue weighted by molar-refractivity contribution is 0.607. The molecule has 1 aliphatic carbocycles. The zero-order valence-corrected chi connectivity index (χ0v) is 35.0. The highest BCUT2D eigenvalue weighted by Gasteiger charge is 2.52. The van der Waals surface area contributed by atoms with E-state index in [4.69, 9.17) is 0 Å². The van der Waals surface area contributed by atoms with E-state index in [1.54, 1.807) is 0 Å². The molecular weight excluding hydrogens is 752 g/mol. The summed E-state index contributed by atoms with van der Waals surface area (Å²) in [6, 6.07) is 62.1. The molecule has 59 heavy (non-hydrogen) atoms. The predicted octanol–water partition coefficient (Wildman–Crippen LogP) is 13.6. The van der Waals surface area contributed by atoms with Crippen LogP contribution in [0.2, 0.25) is 0 Å². The van der Waals surface area contributed by atoms with Crippen LogP contribution in [0.5, 0.6) is 0 Å². The van der Waals surface area contributed by atoms with E-state index in [-0.39, 0.29) is 17.7 Å². The highest BCUT2D eigenvalue weighted by atomic mass is 32.2. The number of anilines is 5. The van der Waals surface area contributed by atoms with Crippen LogP contribution in [0.3, 0.4) is 0 Å². The van der Waals surface area contributed by atoms with Gasteiger partial charge in [-0.2, -0.15) is 0 Å². The maximum atomic E-state index is 2.71. The minimum absolute atomic E-state index is 0.0540.